The van der Waals surface area contributed by atoms with Gasteiger partial charge in [0.05, 0.1) is 6.10 Å². The molecular formula is C23H22N2O4S. The number of hydrogen-bond acceptors (Lipinski definition) is 7. The largest absolute Gasteiger partial charge is 0.491 e. The predicted octanol–water partition coefficient (Wildman–Crippen LogP) is 4.64. The van der Waals surface area contributed by atoms with E-state index in [1.165, 1.54) is 17.3 Å². The molecule has 1 unspecified atom stereocenters. The third-order valence-corrected chi connectivity index (χ3v) is 5.36. The van der Waals surface area contributed by atoms with Crippen molar-refractivity contribution in [2.45, 2.75) is 24.9 Å². The molecule has 1 aromatic heterocycles. The third kappa shape index (κ3) is 5.52. The van der Waals surface area contributed by atoms with E-state index in [4.69, 9.17) is 13.9 Å². The maximum atomic E-state index is 10.2. The van der Waals surface area contributed by atoms with Crippen molar-refractivity contribution in [2.75, 3.05) is 12.4 Å². The zero-order valence-electron chi connectivity index (χ0n) is 16.5. The van der Waals surface area contributed by atoms with E-state index in [1.54, 1.807) is 0 Å². The normalized spacial score (nSPS) is 12.1. The Bertz CT molecular complexity index is 1100. The minimum absolute atomic E-state index is 0.183. The van der Waals surface area contributed by atoms with Crippen molar-refractivity contribution in [1.82, 2.24) is 10.2 Å². The fraction of sp³-hybridized carbons (Fsp3) is 0.217. The topological polar surface area (TPSA) is 77.6 Å². The van der Waals surface area contributed by atoms with Crippen molar-refractivity contribution in [3.05, 3.63) is 78.2 Å². The van der Waals surface area contributed by atoms with Crippen LogP contribution in [-0.4, -0.2) is 33.8 Å². The number of thioether (sulfide) groups is 1. The van der Waals surface area contributed by atoms with Gasteiger partial charge in [-0.05, 0) is 42.0 Å². The van der Waals surface area contributed by atoms with Crippen LogP contribution in [0.25, 0.3) is 10.8 Å². The minimum atomic E-state index is -0.666. The number of ether oxygens (including phenoxy) is 2. The zero-order chi connectivity index (χ0) is 20.8. The highest BCUT2D eigenvalue weighted by Crippen LogP contribution is 2.22. The molecule has 4 aromatic rings. The Balaban J connectivity index is 1.21. The second kappa shape index (κ2) is 9.65. The standard InChI is InChI=1S/C23H22N2O4S/c1-16-6-9-20(10-7-16)28-14-22-24-25-23(29-22)30-15-19(26)13-27-21-11-8-17-4-2-3-5-18(17)12-21/h2-12,19,26H,13-15H2,1H3. The summed E-state index contributed by atoms with van der Waals surface area (Å²) < 4.78 is 16.9. The van der Waals surface area contributed by atoms with Crippen molar-refractivity contribution in [3.63, 3.8) is 0 Å². The van der Waals surface area contributed by atoms with Crippen LogP contribution in [0.15, 0.2) is 76.4 Å². The lowest BCUT2D eigenvalue weighted by atomic mass is 10.1. The number of benzene rings is 3. The second-order valence-electron chi connectivity index (χ2n) is 6.85. The number of hydrogen-bond donors (Lipinski definition) is 1. The summed E-state index contributed by atoms with van der Waals surface area (Å²) >= 11 is 1.28. The minimum Gasteiger partial charge on any atom is -0.491 e. The molecule has 0 aliphatic carbocycles. The van der Waals surface area contributed by atoms with Crippen molar-refractivity contribution in [1.29, 1.82) is 0 Å². The van der Waals surface area contributed by atoms with Crippen LogP contribution in [0.3, 0.4) is 0 Å². The third-order valence-electron chi connectivity index (χ3n) is 4.39. The molecule has 0 bridgehead atoms. The van der Waals surface area contributed by atoms with E-state index in [2.05, 4.69) is 16.3 Å². The molecule has 30 heavy (non-hydrogen) atoms. The van der Waals surface area contributed by atoms with Crippen molar-refractivity contribution in [2.24, 2.45) is 0 Å². The molecule has 3 aromatic carbocycles. The highest BCUT2D eigenvalue weighted by molar-refractivity contribution is 7.99. The monoisotopic (exact) mass is 422 g/mol. The van der Waals surface area contributed by atoms with Crippen LogP contribution in [0.2, 0.25) is 0 Å². The van der Waals surface area contributed by atoms with Gasteiger partial charge in [0.1, 0.15) is 18.1 Å². The van der Waals surface area contributed by atoms with E-state index in [9.17, 15) is 5.11 Å². The van der Waals surface area contributed by atoms with Gasteiger partial charge in [0.25, 0.3) is 11.1 Å². The molecule has 0 saturated carbocycles. The summed E-state index contributed by atoms with van der Waals surface area (Å²) in [5, 5.41) is 20.8. The molecule has 1 N–H and O–H groups in total. The molecule has 6 nitrogen and oxygen atoms in total. The van der Waals surface area contributed by atoms with Gasteiger partial charge in [-0.3, -0.25) is 0 Å². The van der Waals surface area contributed by atoms with Gasteiger partial charge in [-0.15, -0.1) is 10.2 Å². The van der Waals surface area contributed by atoms with Gasteiger partial charge in [-0.25, -0.2) is 0 Å². The van der Waals surface area contributed by atoms with E-state index in [0.717, 1.165) is 22.3 Å². The molecule has 1 atom stereocenters. The van der Waals surface area contributed by atoms with Crippen molar-refractivity contribution < 1.29 is 19.0 Å². The first-order chi connectivity index (χ1) is 14.7. The SMILES string of the molecule is Cc1ccc(OCc2nnc(SCC(O)COc3ccc4ccccc4c3)o2)cc1. The number of aryl methyl sites for hydroxylation is 1. The van der Waals surface area contributed by atoms with Gasteiger partial charge in [0.15, 0.2) is 6.61 Å². The number of aliphatic hydroxyl groups is 1. The molecule has 1 heterocycles. The number of aromatic nitrogens is 2. The average molecular weight is 423 g/mol. The maximum absolute atomic E-state index is 10.2. The Labute approximate surface area is 178 Å². The lowest BCUT2D eigenvalue weighted by molar-refractivity contribution is 0.126. The molecule has 0 spiro atoms. The summed E-state index contributed by atoms with van der Waals surface area (Å²) in [6.45, 7) is 2.40. The maximum Gasteiger partial charge on any atom is 0.276 e. The smallest absolute Gasteiger partial charge is 0.276 e. The molecule has 0 amide bonds. The zero-order valence-corrected chi connectivity index (χ0v) is 17.3. The van der Waals surface area contributed by atoms with Gasteiger partial charge in [0.2, 0.25) is 0 Å². The van der Waals surface area contributed by atoms with Gasteiger partial charge in [-0.2, -0.15) is 0 Å². The van der Waals surface area contributed by atoms with Gasteiger partial charge in [-0.1, -0.05) is 59.8 Å². The summed E-state index contributed by atoms with van der Waals surface area (Å²) in [4.78, 5) is 0. The Morgan fingerprint density at radius 3 is 2.53 bits per heavy atom. The molecule has 7 heteroatoms. The van der Waals surface area contributed by atoms with Crippen molar-refractivity contribution in [3.8, 4) is 11.5 Å². The van der Waals surface area contributed by atoms with Crippen LogP contribution in [-0.2, 0) is 6.61 Å². The quantitative estimate of drug-likeness (QED) is 0.394. The van der Waals surface area contributed by atoms with E-state index < -0.39 is 6.10 Å². The Morgan fingerprint density at radius 1 is 0.933 bits per heavy atom. The number of nitrogens with zero attached hydrogens (tertiary/aromatic N) is 2. The number of fused-ring (bicyclic) bond motifs is 1. The molecule has 154 valence electrons. The molecule has 0 radical (unpaired) electrons. The second-order valence-corrected chi connectivity index (χ2v) is 7.82. The van der Waals surface area contributed by atoms with Crippen LogP contribution in [0.5, 0.6) is 11.5 Å². The van der Waals surface area contributed by atoms with Gasteiger partial charge >= 0.3 is 0 Å². The van der Waals surface area contributed by atoms with Gasteiger partial charge in [0, 0.05) is 5.75 Å². The molecule has 0 aliphatic rings. The molecular weight excluding hydrogens is 400 g/mol. The van der Waals surface area contributed by atoms with Crippen LogP contribution < -0.4 is 9.47 Å². The van der Waals surface area contributed by atoms with Gasteiger partial charge < -0.3 is 19.0 Å². The predicted molar refractivity (Wildman–Crippen MR) is 116 cm³/mol. The first kappa shape index (κ1) is 20.3. The fourth-order valence-electron chi connectivity index (χ4n) is 2.80. The molecule has 0 saturated heterocycles. The van der Waals surface area contributed by atoms with Crippen LogP contribution >= 0.6 is 11.8 Å². The first-order valence-corrected chi connectivity index (χ1v) is 10.6. The summed E-state index contributed by atoms with van der Waals surface area (Å²) in [5.74, 6) is 2.24. The van der Waals surface area contributed by atoms with E-state index in [-0.39, 0.29) is 13.2 Å². The lowest BCUT2D eigenvalue weighted by Crippen LogP contribution is -2.20. The highest BCUT2D eigenvalue weighted by Gasteiger charge is 2.12. The first-order valence-electron chi connectivity index (χ1n) is 9.60. The van der Waals surface area contributed by atoms with E-state index >= 15 is 0 Å². The van der Waals surface area contributed by atoms with Crippen LogP contribution in [0.4, 0.5) is 0 Å². The molecule has 4 rings (SSSR count). The summed E-state index contributed by atoms with van der Waals surface area (Å²) in [7, 11) is 0. The Morgan fingerprint density at radius 2 is 1.70 bits per heavy atom. The lowest BCUT2D eigenvalue weighted by Gasteiger charge is -2.11. The number of rotatable bonds is 9. The summed E-state index contributed by atoms with van der Waals surface area (Å²) in [5.41, 5.74) is 1.17. The van der Waals surface area contributed by atoms with E-state index in [0.29, 0.717) is 16.9 Å². The van der Waals surface area contributed by atoms with E-state index in [1.807, 2.05) is 67.6 Å². The average Bonchev–Trinajstić information content (AvgIpc) is 3.23. The summed E-state index contributed by atoms with van der Waals surface area (Å²) in [6, 6.07) is 21.7. The summed E-state index contributed by atoms with van der Waals surface area (Å²) in [6.07, 6.45) is -0.666. The van der Waals surface area contributed by atoms with Crippen LogP contribution in [0.1, 0.15) is 11.5 Å². The highest BCUT2D eigenvalue weighted by atomic mass is 32.2. The number of aliphatic hydroxyl groups excluding tert-OH is 1. The molecule has 0 aliphatic heterocycles. The molecule has 0 fully saturated rings. The Hall–Kier alpha value is -3.03. The Kier molecular flexibility index (Phi) is 6.51. The van der Waals surface area contributed by atoms with Crippen LogP contribution in [0, 0.1) is 6.92 Å². The fourth-order valence-corrected chi connectivity index (χ4v) is 3.48. The van der Waals surface area contributed by atoms with Crippen molar-refractivity contribution >= 4 is 22.5 Å².